The van der Waals surface area contributed by atoms with Gasteiger partial charge >= 0.3 is 0 Å². The molecule has 8 nitrogen and oxygen atoms in total. The van der Waals surface area contributed by atoms with E-state index in [1.807, 2.05) is 25.4 Å². The molecule has 2 aliphatic heterocycles. The molecule has 220 valence electrons. The van der Waals surface area contributed by atoms with Crippen LogP contribution in [-0.4, -0.2) is 75.9 Å². The minimum absolute atomic E-state index is 0.0303. The average molecular weight is 581 g/mol. The molecular formula is C31H41FN6O2S. The van der Waals surface area contributed by atoms with Gasteiger partial charge in [-0.2, -0.15) is 0 Å². The summed E-state index contributed by atoms with van der Waals surface area (Å²) in [5, 5.41) is 8.27. The summed E-state index contributed by atoms with van der Waals surface area (Å²) in [7, 11) is 1.77. The topological polar surface area (TPSA) is 93.4 Å². The number of carbonyl (C=O) groups is 2. The number of halogens is 1. The minimum Gasteiger partial charge on any atom is -0.361 e. The Bertz CT molecular complexity index is 1400. The van der Waals surface area contributed by atoms with Crippen molar-refractivity contribution in [1.82, 2.24) is 30.4 Å². The second kappa shape index (κ2) is 11.8. The highest BCUT2D eigenvalue weighted by molar-refractivity contribution is 7.11. The van der Waals surface area contributed by atoms with Crippen LogP contribution in [0.1, 0.15) is 66.8 Å². The van der Waals surface area contributed by atoms with E-state index >= 15 is 0 Å². The van der Waals surface area contributed by atoms with E-state index in [-0.39, 0.29) is 47.6 Å². The number of hydrogen-bond acceptors (Lipinski definition) is 6. The summed E-state index contributed by atoms with van der Waals surface area (Å²) in [6, 6.07) is 4.17. The number of aryl methyl sites for hydroxylation is 1. The Morgan fingerprint density at radius 1 is 1.22 bits per heavy atom. The van der Waals surface area contributed by atoms with Crippen molar-refractivity contribution in [3.8, 4) is 0 Å². The van der Waals surface area contributed by atoms with Gasteiger partial charge in [0.25, 0.3) is 0 Å². The molecule has 1 aliphatic carbocycles. The maximum atomic E-state index is 14.5. The molecule has 1 aromatic carbocycles. The van der Waals surface area contributed by atoms with Gasteiger partial charge in [-0.25, -0.2) is 9.37 Å². The van der Waals surface area contributed by atoms with E-state index in [0.29, 0.717) is 6.54 Å². The number of rotatable bonds is 8. The second-order valence-electron chi connectivity index (χ2n) is 12.1. The average Bonchev–Trinajstić information content (AvgIpc) is 3.76. The first-order valence-corrected chi connectivity index (χ1v) is 15.9. The number of likely N-dealkylation sites (N-methyl/N-ethyl adjacent to an activating group) is 1. The number of nitrogens with one attached hydrogen (secondary N) is 3. The zero-order chi connectivity index (χ0) is 28.7. The van der Waals surface area contributed by atoms with Gasteiger partial charge in [0.1, 0.15) is 16.9 Å². The number of thiazole rings is 1. The van der Waals surface area contributed by atoms with Gasteiger partial charge in [-0.05, 0) is 69.8 Å². The van der Waals surface area contributed by atoms with Crippen LogP contribution in [0.4, 0.5) is 4.39 Å². The molecule has 1 saturated carbocycles. The zero-order valence-corrected chi connectivity index (χ0v) is 25.0. The Morgan fingerprint density at radius 2 is 2.02 bits per heavy atom. The predicted octanol–water partition coefficient (Wildman–Crippen LogP) is 4.31. The van der Waals surface area contributed by atoms with Crippen molar-refractivity contribution < 1.29 is 14.0 Å². The quantitative estimate of drug-likeness (QED) is 0.369. The molecule has 3 fully saturated rings. The van der Waals surface area contributed by atoms with Crippen molar-refractivity contribution >= 4 is 34.1 Å². The van der Waals surface area contributed by atoms with E-state index in [1.54, 1.807) is 18.4 Å². The van der Waals surface area contributed by atoms with E-state index in [4.69, 9.17) is 0 Å². The Balaban J connectivity index is 1.34. The number of carbonyl (C=O) groups excluding carboxylic acids is 2. The molecule has 4 heterocycles. The summed E-state index contributed by atoms with van der Waals surface area (Å²) in [6.45, 7) is 6.10. The molecule has 10 heteroatoms. The van der Waals surface area contributed by atoms with Gasteiger partial charge in [0.05, 0.1) is 18.6 Å². The lowest BCUT2D eigenvalue weighted by molar-refractivity contribution is -0.139. The fraction of sp³-hybridized carbons (Fsp3) is 0.581. The molecule has 0 radical (unpaired) electrons. The lowest BCUT2D eigenvalue weighted by atomic mass is 9.82. The third-order valence-corrected chi connectivity index (χ3v) is 10.5. The van der Waals surface area contributed by atoms with E-state index in [9.17, 15) is 14.0 Å². The van der Waals surface area contributed by atoms with Crippen LogP contribution in [0, 0.1) is 18.7 Å². The largest absolute Gasteiger partial charge is 0.361 e. The Morgan fingerprint density at radius 3 is 2.76 bits per heavy atom. The van der Waals surface area contributed by atoms with Crippen LogP contribution in [0.2, 0.25) is 0 Å². The summed E-state index contributed by atoms with van der Waals surface area (Å²) in [6.07, 6.45) is 10.1. The highest BCUT2D eigenvalue weighted by atomic mass is 32.1. The number of benzene rings is 1. The van der Waals surface area contributed by atoms with Gasteiger partial charge < -0.3 is 20.5 Å². The van der Waals surface area contributed by atoms with Gasteiger partial charge in [0.2, 0.25) is 11.8 Å². The molecule has 6 rings (SSSR count). The van der Waals surface area contributed by atoms with Crippen molar-refractivity contribution in [1.29, 1.82) is 0 Å². The number of H-pyrrole nitrogens is 1. The molecule has 5 unspecified atom stereocenters. The molecule has 5 atom stereocenters. The molecule has 2 amide bonds. The van der Waals surface area contributed by atoms with Gasteiger partial charge in [-0.1, -0.05) is 19.3 Å². The van der Waals surface area contributed by atoms with Gasteiger partial charge in [-0.15, -0.1) is 11.3 Å². The number of likely N-dealkylation sites (tertiary alicyclic amines) is 2. The van der Waals surface area contributed by atoms with Gasteiger partial charge in [0.15, 0.2) is 0 Å². The van der Waals surface area contributed by atoms with Crippen molar-refractivity contribution in [2.24, 2.45) is 5.92 Å². The highest BCUT2D eigenvalue weighted by Gasteiger charge is 2.52. The zero-order valence-electron chi connectivity index (χ0n) is 24.2. The number of fused-ring (bicyclic) bond motifs is 2. The van der Waals surface area contributed by atoms with Gasteiger partial charge in [0, 0.05) is 53.2 Å². The Kier molecular flexibility index (Phi) is 8.16. The Hall–Kier alpha value is -2.82. The minimum atomic E-state index is -0.522. The van der Waals surface area contributed by atoms with Crippen molar-refractivity contribution in [3.05, 3.63) is 51.9 Å². The summed E-state index contributed by atoms with van der Waals surface area (Å²) in [5.41, 5.74) is 1.89. The van der Waals surface area contributed by atoms with Crippen LogP contribution in [-0.2, 0) is 16.1 Å². The molecule has 3 N–H and O–H groups in total. The first kappa shape index (κ1) is 28.3. The fourth-order valence-electron chi connectivity index (χ4n) is 7.41. The van der Waals surface area contributed by atoms with Gasteiger partial charge in [-0.3, -0.25) is 14.5 Å². The van der Waals surface area contributed by atoms with E-state index < -0.39 is 6.04 Å². The fourth-order valence-corrected chi connectivity index (χ4v) is 8.23. The molecule has 0 bridgehead atoms. The number of aromatic nitrogens is 2. The monoisotopic (exact) mass is 580 g/mol. The second-order valence-corrected chi connectivity index (χ2v) is 13.4. The maximum Gasteiger partial charge on any atom is 0.245 e. The van der Waals surface area contributed by atoms with Crippen LogP contribution < -0.4 is 10.6 Å². The maximum absolute atomic E-state index is 14.5. The van der Waals surface area contributed by atoms with Crippen molar-refractivity contribution in [3.63, 3.8) is 0 Å². The van der Waals surface area contributed by atoms with Crippen LogP contribution in [0.5, 0.6) is 0 Å². The highest BCUT2D eigenvalue weighted by Crippen LogP contribution is 2.44. The molecule has 0 spiro atoms. The third-order valence-electron chi connectivity index (χ3n) is 9.61. The van der Waals surface area contributed by atoms with E-state index in [2.05, 4.69) is 37.3 Å². The molecule has 41 heavy (non-hydrogen) atoms. The van der Waals surface area contributed by atoms with E-state index in [0.717, 1.165) is 66.7 Å². The van der Waals surface area contributed by atoms with Crippen LogP contribution >= 0.6 is 11.3 Å². The van der Waals surface area contributed by atoms with Crippen LogP contribution in [0.15, 0.2) is 30.6 Å². The predicted molar refractivity (Wildman–Crippen MR) is 159 cm³/mol. The van der Waals surface area contributed by atoms with Crippen LogP contribution in [0.3, 0.4) is 0 Å². The molecule has 2 saturated heterocycles. The number of aromatic amines is 1. The van der Waals surface area contributed by atoms with Crippen LogP contribution in [0.25, 0.3) is 10.9 Å². The smallest absolute Gasteiger partial charge is 0.245 e. The summed E-state index contributed by atoms with van der Waals surface area (Å²) < 4.78 is 14.0. The number of amides is 2. The SMILES string of the molecule is CNC(C)C(=O)NC(C(=O)N1CCC2C1C(c1c[nH]c3cc(F)ccc13)CN2Cc1ncc(C)s1)C1CCCCC1. The summed E-state index contributed by atoms with van der Waals surface area (Å²) >= 11 is 1.72. The summed E-state index contributed by atoms with van der Waals surface area (Å²) in [5.74, 6) is -0.145. The standard InChI is InChI=1S/C31H41FN6O2S/c1-18-14-35-27(41-18)17-37-16-24(23-15-34-25-13-21(32)9-10-22(23)25)29-26(37)11-12-38(29)31(40)28(20-7-5-4-6-8-20)36-30(39)19(2)33-3/h9-10,13-15,19-20,24,26,28-29,33-34H,4-8,11-12,16-17H2,1-3H3,(H,36,39). The molecule has 2 aromatic heterocycles. The number of hydrogen-bond donors (Lipinski definition) is 3. The third kappa shape index (κ3) is 5.53. The first-order valence-electron chi connectivity index (χ1n) is 15.0. The normalized spacial score (nSPS) is 25.0. The molecule has 3 aliphatic rings. The Labute approximate surface area is 245 Å². The molecular weight excluding hydrogens is 539 g/mol. The molecule has 3 aromatic rings. The van der Waals surface area contributed by atoms with Crippen molar-refractivity contribution in [2.75, 3.05) is 20.1 Å². The van der Waals surface area contributed by atoms with E-state index in [1.165, 1.54) is 23.4 Å². The lowest BCUT2D eigenvalue weighted by Crippen LogP contribution is -2.57. The lowest BCUT2D eigenvalue weighted by Gasteiger charge is -2.36. The first-order chi connectivity index (χ1) is 19.8. The summed E-state index contributed by atoms with van der Waals surface area (Å²) in [4.78, 5) is 41.3. The van der Waals surface area contributed by atoms with Crippen molar-refractivity contribution in [2.45, 2.75) is 89.0 Å². The number of nitrogens with zero attached hydrogens (tertiary/aromatic N) is 3.